The predicted molar refractivity (Wildman–Crippen MR) is 84.4 cm³/mol. The fourth-order valence-corrected chi connectivity index (χ4v) is 2.19. The van der Waals surface area contributed by atoms with Crippen LogP contribution in [0.2, 0.25) is 0 Å². The molecule has 0 unspecified atom stereocenters. The zero-order valence-corrected chi connectivity index (χ0v) is 13.6. The molecule has 0 aliphatic carbocycles. The van der Waals surface area contributed by atoms with Gasteiger partial charge in [-0.1, -0.05) is 28.1 Å². The normalized spacial score (nSPS) is 11.7. The molecular weight excluding hydrogens is 350 g/mol. The SMILES string of the molecule is CCOC(=O)[C@@H](Cc1ccc(Br)cc1)NC(=O)c1ccco1. The Balaban J connectivity index is 2.10. The van der Waals surface area contributed by atoms with E-state index < -0.39 is 17.9 Å². The highest BCUT2D eigenvalue weighted by Gasteiger charge is 2.24. The summed E-state index contributed by atoms with van der Waals surface area (Å²) in [4.78, 5) is 24.1. The van der Waals surface area contributed by atoms with Gasteiger partial charge in [-0.2, -0.15) is 0 Å². The number of ether oxygens (including phenoxy) is 1. The summed E-state index contributed by atoms with van der Waals surface area (Å²) in [6.45, 7) is 1.98. The quantitative estimate of drug-likeness (QED) is 0.799. The molecule has 0 saturated heterocycles. The molecule has 116 valence electrons. The summed E-state index contributed by atoms with van der Waals surface area (Å²) < 4.78 is 11.0. The first-order valence-electron chi connectivity index (χ1n) is 6.85. The molecule has 22 heavy (non-hydrogen) atoms. The highest BCUT2D eigenvalue weighted by molar-refractivity contribution is 9.10. The number of rotatable bonds is 6. The van der Waals surface area contributed by atoms with Crippen LogP contribution in [0.4, 0.5) is 0 Å². The van der Waals surface area contributed by atoms with Gasteiger partial charge in [0.2, 0.25) is 0 Å². The zero-order chi connectivity index (χ0) is 15.9. The Morgan fingerprint density at radius 3 is 2.59 bits per heavy atom. The average Bonchev–Trinajstić information content (AvgIpc) is 3.03. The third-order valence-electron chi connectivity index (χ3n) is 2.97. The third-order valence-corrected chi connectivity index (χ3v) is 3.50. The van der Waals surface area contributed by atoms with Crippen LogP contribution >= 0.6 is 15.9 Å². The van der Waals surface area contributed by atoms with Gasteiger partial charge in [-0.25, -0.2) is 4.79 Å². The maximum atomic E-state index is 12.0. The molecule has 0 radical (unpaired) electrons. The molecule has 0 saturated carbocycles. The molecule has 0 bridgehead atoms. The number of carbonyl (C=O) groups excluding carboxylic acids is 2. The zero-order valence-electron chi connectivity index (χ0n) is 12.0. The van der Waals surface area contributed by atoms with Gasteiger partial charge in [0.25, 0.3) is 5.91 Å². The van der Waals surface area contributed by atoms with E-state index in [1.54, 1.807) is 13.0 Å². The van der Waals surface area contributed by atoms with E-state index in [0.29, 0.717) is 6.42 Å². The molecule has 2 aromatic rings. The van der Waals surface area contributed by atoms with E-state index in [1.807, 2.05) is 24.3 Å². The van der Waals surface area contributed by atoms with Crippen molar-refractivity contribution in [2.45, 2.75) is 19.4 Å². The van der Waals surface area contributed by atoms with Crippen LogP contribution in [-0.4, -0.2) is 24.5 Å². The van der Waals surface area contributed by atoms with Crippen LogP contribution in [0.1, 0.15) is 23.0 Å². The molecule has 2 rings (SSSR count). The molecule has 1 aromatic heterocycles. The minimum Gasteiger partial charge on any atom is -0.464 e. The van der Waals surface area contributed by atoms with E-state index in [0.717, 1.165) is 10.0 Å². The van der Waals surface area contributed by atoms with Crippen molar-refractivity contribution in [1.82, 2.24) is 5.32 Å². The lowest BCUT2D eigenvalue weighted by atomic mass is 10.1. The Hall–Kier alpha value is -2.08. The van der Waals surface area contributed by atoms with Crippen molar-refractivity contribution >= 4 is 27.8 Å². The number of amides is 1. The summed E-state index contributed by atoms with van der Waals surface area (Å²) in [7, 11) is 0. The van der Waals surface area contributed by atoms with E-state index in [2.05, 4.69) is 21.2 Å². The summed E-state index contributed by atoms with van der Waals surface area (Å²) in [5, 5.41) is 2.65. The molecule has 1 aromatic carbocycles. The topological polar surface area (TPSA) is 68.5 Å². The maximum Gasteiger partial charge on any atom is 0.328 e. The highest BCUT2D eigenvalue weighted by Crippen LogP contribution is 2.13. The van der Waals surface area contributed by atoms with E-state index in [-0.39, 0.29) is 12.4 Å². The van der Waals surface area contributed by atoms with Gasteiger partial charge in [-0.05, 0) is 36.8 Å². The molecule has 0 fully saturated rings. The van der Waals surface area contributed by atoms with Gasteiger partial charge in [-0.3, -0.25) is 4.79 Å². The van der Waals surface area contributed by atoms with Crippen molar-refractivity contribution < 1.29 is 18.7 Å². The van der Waals surface area contributed by atoms with Crippen molar-refractivity contribution in [1.29, 1.82) is 0 Å². The molecular formula is C16H16BrNO4. The average molecular weight is 366 g/mol. The Bertz CT molecular complexity index is 622. The summed E-state index contributed by atoms with van der Waals surface area (Å²) in [6.07, 6.45) is 1.75. The number of benzene rings is 1. The van der Waals surface area contributed by atoms with Crippen molar-refractivity contribution in [3.8, 4) is 0 Å². The van der Waals surface area contributed by atoms with E-state index in [9.17, 15) is 9.59 Å². The van der Waals surface area contributed by atoms with Crippen LogP contribution in [0.5, 0.6) is 0 Å². The van der Waals surface area contributed by atoms with E-state index in [1.165, 1.54) is 12.3 Å². The number of halogens is 1. The number of hydrogen-bond donors (Lipinski definition) is 1. The third kappa shape index (κ3) is 4.46. The standard InChI is InChI=1S/C16H16BrNO4/c1-2-21-16(20)13(10-11-5-7-12(17)8-6-11)18-15(19)14-4-3-9-22-14/h3-9,13H,2,10H2,1H3,(H,18,19)/t13-/m1/s1. The number of nitrogens with one attached hydrogen (secondary N) is 1. The fraction of sp³-hybridized carbons (Fsp3) is 0.250. The molecule has 1 N–H and O–H groups in total. The van der Waals surface area contributed by atoms with Crippen LogP contribution in [0.3, 0.4) is 0 Å². The Morgan fingerprint density at radius 2 is 2.00 bits per heavy atom. The van der Waals surface area contributed by atoms with Crippen molar-refractivity contribution in [3.05, 3.63) is 58.5 Å². The Morgan fingerprint density at radius 1 is 1.27 bits per heavy atom. The van der Waals surface area contributed by atoms with Gasteiger partial charge in [0.1, 0.15) is 6.04 Å². The second-order valence-electron chi connectivity index (χ2n) is 4.59. The molecule has 1 atom stereocenters. The first-order chi connectivity index (χ1) is 10.6. The second-order valence-corrected chi connectivity index (χ2v) is 5.50. The summed E-state index contributed by atoms with van der Waals surface area (Å²) in [5.41, 5.74) is 0.918. The number of furan rings is 1. The van der Waals surface area contributed by atoms with Gasteiger partial charge in [0, 0.05) is 10.9 Å². The minimum absolute atomic E-state index is 0.158. The molecule has 1 amide bonds. The van der Waals surface area contributed by atoms with E-state index in [4.69, 9.17) is 9.15 Å². The van der Waals surface area contributed by atoms with Gasteiger partial charge >= 0.3 is 5.97 Å². The van der Waals surface area contributed by atoms with Crippen LogP contribution in [0, 0.1) is 0 Å². The second kappa shape index (κ2) is 7.79. The van der Waals surface area contributed by atoms with Crippen molar-refractivity contribution in [3.63, 3.8) is 0 Å². The molecule has 0 spiro atoms. The monoisotopic (exact) mass is 365 g/mol. The fourth-order valence-electron chi connectivity index (χ4n) is 1.93. The summed E-state index contributed by atoms with van der Waals surface area (Å²) in [5.74, 6) is -0.754. The molecule has 5 nitrogen and oxygen atoms in total. The van der Waals surface area contributed by atoms with Crippen molar-refractivity contribution in [2.24, 2.45) is 0 Å². The first kappa shape index (κ1) is 16.3. The van der Waals surface area contributed by atoms with Crippen LogP contribution in [-0.2, 0) is 16.0 Å². The Kier molecular flexibility index (Phi) is 5.77. The lowest BCUT2D eigenvalue weighted by Gasteiger charge is -2.16. The van der Waals surface area contributed by atoms with Crippen LogP contribution in [0.15, 0.2) is 51.6 Å². The maximum absolute atomic E-state index is 12.0. The molecule has 0 aliphatic rings. The van der Waals surface area contributed by atoms with Crippen LogP contribution in [0.25, 0.3) is 0 Å². The number of hydrogen-bond acceptors (Lipinski definition) is 4. The molecule has 1 heterocycles. The minimum atomic E-state index is -0.765. The van der Waals surface area contributed by atoms with Gasteiger partial charge in [0.05, 0.1) is 12.9 Å². The lowest BCUT2D eigenvalue weighted by Crippen LogP contribution is -2.43. The van der Waals surface area contributed by atoms with Gasteiger partial charge in [0.15, 0.2) is 5.76 Å². The Labute approximate surface area is 136 Å². The molecule has 0 aliphatic heterocycles. The smallest absolute Gasteiger partial charge is 0.328 e. The largest absolute Gasteiger partial charge is 0.464 e. The highest BCUT2D eigenvalue weighted by atomic mass is 79.9. The van der Waals surface area contributed by atoms with Crippen LogP contribution < -0.4 is 5.32 Å². The first-order valence-corrected chi connectivity index (χ1v) is 7.65. The van der Waals surface area contributed by atoms with E-state index >= 15 is 0 Å². The van der Waals surface area contributed by atoms with Crippen molar-refractivity contribution in [2.75, 3.05) is 6.61 Å². The van der Waals surface area contributed by atoms with Gasteiger partial charge in [-0.15, -0.1) is 0 Å². The number of esters is 1. The molecule has 6 heteroatoms. The summed E-state index contributed by atoms with van der Waals surface area (Å²) in [6, 6.07) is 9.92. The number of carbonyl (C=O) groups is 2. The lowest BCUT2D eigenvalue weighted by molar-refractivity contribution is -0.145. The predicted octanol–water partition coefficient (Wildman–Crippen LogP) is 2.95. The van der Waals surface area contributed by atoms with Gasteiger partial charge < -0.3 is 14.5 Å². The summed E-state index contributed by atoms with van der Waals surface area (Å²) >= 11 is 3.36.